The van der Waals surface area contributed by atoms with Gasteiger partial charge in [-0.25, -0.2) is 0 Å². The number of hydrogen-bond acceptors (Lipinski definition) is 3. The van der Waals surface area contributed by atoms with Gasteiger partial charge in [0.1, 0.15) is 11.8 Å². The molecule has 1 atom stereocenters. The fraction of sp³-hybridized carbons (Fsp3) is 0.417. The highest BCUT2D eigenvalue weighted by atomic mass is 35.5. The summed E-state index contributed by atoms with van der Waals surface area (Å²) in [6.45, 7) is 2.42. The predicted octanol–water partition coefficient (Wildman–Crippen LogP) is 1.83. The zero-order valence-corrected chi connectivity index (χ0v) is 11.0. The van der Waals surface area contributed by atoms with Crippen molar-refractivity contribution in [2.75, 3.05) is 20.7 Å². The second-order valence-electron chi connectivity index (χ2n) is 3.83. The highest BCUT2D eigenvalue weighted by Gasteiger charge is 2.18. The van der Waals surface area contributed by atoms with Crippen LogP contribution < -0.4 is 10.5 Å². The van der Waals surface area contributed by atoms with Crippen LogP contribution in [0.3, 0.4) is 0 Å². The zero-order chi connectivity index (χ0) is 13.0. The van der Waals surface area contributed by atoms with Gasteiger partial charge < -0.3 is 15.4 Å². The molecule has 1 aromatic rings. The van der Waals surface area contributed by atoms with Gasteiger partial charge in [-0.15, -0.1) is 0 Å². The number of benzene rings is 1. The van der Waals surface area contributed by atoms with E-state index in [-0.39, 0.29) is 5.91 Å². The van der Waals surface area contributed by atoms with Crippen LogP contribution in [0.15, 0.2) is 18.2 Å². The van der Waals surface area contributed by atoms with Crippen molar-refractivity contribution in [2.24, 2.45) is 5.73 Å². The van der Waals surface area contributed by atoms with Crippen molar-refractivity contribution < 1.29 is 9.53 Å². The number of likely N-dealkylation sites (N-methyl/N-ethyl adjacent to an activating group) is 1. The number of rotatable bonds is 4. The molecular formula is C12H17ClN2O2. The fourth-order valence-electron chi connectivity index (χ4n) is 1.40. The molecule has 0 bridgehead atoms. The third-order valence-electron chi connectivity index (χ3n) is 2.32. The van der Waals surface area contributed by atoms with Gasteiger partial charge in [0.25, 0.3) is 0 Å². The molecule has 0 saturated heterocycles. The molecule has 0 spiro atoms. The summed E-state index contributed by atoms with van der Waals surface area (Å²) in [6, 6.07) is 4.45. The highest BCUT2D eigenvalue weighted by molar-refractivity contribution is 6.32. The van der Waals surface area contributed by atoms with E-state index in [1.165, 1.54) is 4.90 Å². The van der Waals surface area contributed by atoms with E-state index in [1.54, 1.807) is 32.3 Å². The van der Waals surface area contributed by atoms with E-state index < -0.39 is 6.04 Å². The molecule has 94 valence electrons. The van der Waals surface area contributed by atoms with Crippen LogP contribution in [0.5, 0.6) is 5.75 Å². The van der Waals surface area contributed by atoms with Crippen molar-refractivity contribution in [1.82, 2.24) is 4.90 Å². The summed E-state index contributed by atoms with van der Waals surface area (Å²) in [5, 5.41) is 0.464. The maximum Gasteiger partial charge on any atom is 0.243 e. The van der Waals surface area contributed by atoms with E-state index in [0.29, 0.717) is 22.9 Å². The van der Waals surface area contributed by atoms with Gasteiger partial charge in [-0.3, -0.25) is 4.79 Å². The van der Waals surface area contributed by atoms with E-state index in [2.05, 4.69) is 0 Å². The summed E-state index contributed by atoms with van der Waals surface area (Å²) in [7, 11) is 3.33. The molecule has 0 aromatic heterocycles. The first kappa shape index (κ1) is 13.8. The molecule has 2 N–H and O–H groups in total. The van der Waals surface area contributed by atoms with Crippen LogP contribution in [0.4, 0.5) is 0 Å². The van der Waals surface area contributed by atoms with Crippen molar-refractivity contribution in [2.45, 2.75) is 13.0 Å². The summed E-state index contributed by atoms with van der Waals surface area (Å²) in [4.78, 5) is 13.1. The van der Waals surface area contributed by atoms with Gasteiger partial charge >= 0.3 is 0 Å². The number of amides is 1. The van der Waals surface area contributed by atoms with Crippen LogP contribution in [0.25, 0.3) is 0 Å². The monoisotopic (exact) mass is 256 g/mol. The number of nitrogens with two attached hydrogens (primary N) is 1. The van der Waals surface area contributed by atoms with Gasteiger partial charge in [0.2, 0.25) is 5.91 Å². The van der Waals surface area contributed by atoms with Gasteiger partial charge in [-0.1, -0.05) is 17.7 Å². The van der Waals surface area contributed by atoms with Crippen LogP contribution in [-0.2, 0) is 4.79 Å². The molecule has 0 aliphatic rings. The predicted molar refractivity (Wildman–Crippen MR) is 68.2 cm³/mol. The second-order valence-corrected chi connectivity index (χ2v) is 4.24. The van der Waals surface area contributed by atoms with Crippen LogP contribution in [0.2, 0.25) is 5.02 Å². The van der Waals surface area contributed by atoms with Crippen molar-refractivity contribution >= 4 is 17.5 Å². The zero-order valence-electron chi connectivity index (χ0n) is 10.2. The van der Waals surface area contributed by atoms with Gasteiger partial charge in [0, 0.05) is 14.1 Å². The number of carbonyl (C=O) groups excluding carboxylic acids is 1. The molecule has 1 unspecified atom stereocenters. The number of halogens is 1. The summed E-state index contributed by atoms with van der Waals surface area (Å²) in [5.74, 6) is 0.438. The number of hydrogen-bond donors (Lipinski definition) is 1. The lowest BCUT2D eigenvalue weighted by molar-refractivity contribution is -0.130. The molecule has 1 amide bonds. The molecule has 5 heteroatoms. The summed E-state index contributed by atoms with van der Waals surface area (Å²) in [6.07, 6.45) is 0. The van der Waals surface area contributed by atoms with Gasteiger partial charge in [0.15, 0.2) is 0 Å². The van der Waals surface area contributed by atoms with E-state index in [4.69, 9.17) is 22.1 Å². The normalized spacial score (nSPS) is 12.1. The number of carbonyl (C=O) groups is 1. The Morgan fingerprint density at radius 1 is 1.53 bits per heavy atom. The van der Waals surface area contributed by atoms with Crippen molar-refractivity contribution in [1.29, 1.82) is 0 Å². The Balaban J connectivity index is 2.93. The summed E-state index contributed by atoms with van der Waals surface area (Å²) in [5.41, 5.74) is 6.52. The SMILES string of the molecule is CCOc1ccc(C(N)C(=O)N(C)C)cc1Cl. The summed E-state index contributed by atoms with van der Waals surface area (Å²) >= 11 is 6.03. The Bertz CT molecular complexity index is 407. The second kappa shape index (κ2) is 5.89. The lowest BCUT2D eigenvalue weighted by Crippen LogP contribution is -2.33. The molecule has 4 nitrogen and oxygen atoms in total. The molecule has 0 fully saturated rings. The Morgan fingerprint density at radius 3 is 2.65 bits per heavy atom. The lowest BCUT2D eigenvalue weighted by atomic mass is 10.1. The Hall–Kier alpha value is -1.26. The molecule has 0 heterocycles. The highest BCUT2D eigenvalue weighted by Crippen LogP contribution is 2.27. The maximum atomic E-state index is 11.7. The third-order valence-corrected chi connectivity index (χ3v) is 2.62. The molecular weight excluding hydrogens is 240 g/mol. The molecule has 0 radical (unpaired) electrons. The van der Waals surface area contributed by atoms with Crippen LogP contribution in [0, 0.1) is 0 Å². The van der Waals surface area contributed by atoms with Crippen molar-refractivity contribution in [3.8, 4) is 5.75 Å². The molecule has 1 rings (SSSR count). The minimum Gasteiger partial charge on any atom is -0.492 e. The standard InChI is InChI=1S/C12H17ClN2O2/c1-4-17-10-6-5-8(7-9(10)13)11(14)12(16)15(2)3/h5-7,11H,4,14H2,1-3H3. The van der Waals surface area contributed by atoms with Crippen LogP contribution >= 0.6 is 11.6 Å². The van der Waals surface area contributed by atoms with E-state index in [9.17, 15) is 4.79 Å². The maximum absolute atomic E-state index is 11.7. The van der Waals surface area contributed by atoms with Gasteiger partial charge in [0.05, 0.1) is 11.6 Å². The van der Waals surface area contributed by atoms with Crippen molar-refractivity contribution in [3.05, 3.63) is 28.8 Å². The molecule has 0 saturated carbocycles. The first-order valence-electron chi connectivity index (χ1n) is 5.36. The fourth-order valence-corrected chi connectivity index (χ4v) is 1.65. The average molecular weight is 257 g/mol. The Morgan fingerprint density at radius 2 is 2.18 bits per heavy atom. The largest absolute Gasteiger partial charge is 0.492 e. The molecule has 0 aliphatic carbocycles. The van der Waals surface area contributed by atoms with Crippen LogP contribution in [-0.4, -0.2) is 31.5 Å². The van der Waals surface area contributed by atoms with E-state index in [0.717, 1.165) is 0 Å². The average Bonchev–Trinajstić information content (AvgIpc) is 2.30. The first-order chi connectivity index (χ1) is 7.97. The minimum absolute atomic E-state index is 0.162. The topological polar surface area (TPSA) is 55.6 Å². The van der Waals surface area contributed by atoms with E-state index in [1.807, 2.05) is 6.92 Å². The lowest BCUT2D eigenvalue weighted by Gasteiger charge is -2.17. The summed E-state index contributed by atoms with van der Waals surface area (Å²) < 4.78 is 5.31. The van der Waals surface area contributed by atoms with Gasteiger partial charge in [-0.05, 0) is 24.6 Å². The Labute approximate surface area is 106 Å². The molecule has 1 aromatic carbocycles. The quantitative estimate of drug-likeness (QED) is 0.894. The van der Waals surface area contributed by atoms with Crippen LogP contribution in [0.1, 0.15) is 18.5 Å². The van der Waals surface area contributed by atoms with Crippen molar-refractivity contribution in [3.63, 3.8) is 0 Å². The van der Waals surface area contributed by atoms with Gasteiger partial charge in [-0.2, -0.15) is 0 Å². The smallest absolute Gasteiger partial charge is 0.243 e. The molecule has 17 heavy (non-hydrogen) atoms. The van der Waals surface area contributed by atoms with E-state index >= 15 is 0 Å². The molecule has 0 aliphatic heterocycles. The number of nitrogens with zero attached hydrogens (tertiary/aromatic N) is 1. The Kier molecular flexibility index (Phi) is 4.78. The number of ether oxygens (including phenoxy) is 1. The first-order valence-corrected chi connectivity index (χ1v) is 5.74. The minimum atomic E-state index is -0.696. The third kappa shape index (κ3) is 3.35.